The Hall–Kier alpha value is -3.90. The molecule has 0 aliphatic carbocycles. The fraction of sp³-hybridized carbons (Fsp3) is 0.576. The first-order valence-electron chi connectivity index (χ1n) is 15.4. The number of methoxy groups -OCH3 is 1. The van der Waals surface area contributed by atoms with E-state index in [-0.39, 0.29) is 37.5 Å². The molecule has 1 aliphatic rings. The minimum atomic E-state index is -0.717. The summed E-state index contributed by atoms with van der Waals surface area (Å²) in [5, 5.41) is 8.18. The molecule has 1 fully saturated rings. The van der Waals surface area contributed by atoms with E-state index >= 15 is 0 Å². The zero-order valence-corrected chi connectivity index (χ0v) is 28.0. The molecule has 2 aromatic heterocycles. The quantitative estimate of drug-likeness (QED) is 0.277. The zero-order chi connectivity index (χ0) is 32.9. The molecule has 45 heavy (non-hydrogen) atoms. The normalized spacial score (nSPS) is 17.4. The monoisotopic (exact) mass is 624 g/mol. The summed E-state index contributed by atoms with van der Waals surface area (Å²) in [6.07, 6.45) is 1.18. The molecule has 3 aromatic rings. The fourth-order valence-electron chi connectivity index (χ4n) is 5.07. The van der Waals surface area contributed by atoms with Gasteiger partial charge in [-0.15, -0.1) is 0 Å². The third kappa shape index (κ3) is 9.07. The van der Waals surface area contributed by atoms with Crippen molar-refractivity contribution in [3.05, 3.63) is 53.7 Å². The molecule has 0 unspecified atom stereocenters. The van der Waals surface area contributed by atoms with Crippen molar-refractivity contribution in [1.29, 1.82) is 0 Å². The lowest BCUT2D eigenvalue weighted by Gasteiger charge is -2.39. The van der Waals surface area contributed by atoms with Gasteiger partial charge >= 0.3 is 12.2 Å². The Morgan fingerprint density at radius 3 is 2.38 bits per heavy atom. The second-order valence-corrected chi connectivity index (χ2v) is 13.6. The molecule has 3 heterocycles. The molecule has 2 amide bonds. The van der Waals surface area contributed by atoms with Crippen molar-refractivity contribution in [1.82, 2.24) is 19.5 Å². The minimum Gasteiger partial charge on any atom is -0.444 e. The van der Waals surface area contributed by atoms with Crippen molar-refractivity contribution in [2.45, 2.75) is 97.6 Å². The van der Waals surface area contributed by atoms with Gasteiger partial charge in [0.05, 0.1) is 24.9 Å². The van der Waals surface area contributed by atoms with Crippen LogP contribution in [0.25, 0.3) is 5.65 Å². The van der Waals surface area contributed by atoms with Crippen molar-refractivity contribution in [2.75, 3.05) is 37.2 Å². The van der Waals surface area contributed by atoms with Crippen LogP contribution < -0.4 is 10.2 Å². The van der Waals surface area contributed by atoms with Crippen molar-refractivity contribution in [3.8, 4) is 0 Å². The molecule has 1 aromatic carbocycles. The summed E-state index contributed by atoms with van der Waals surface area (Å²) in [6.45, 7) is 16.4. The number of rotatable bonds is 9. The molecule has 246 valence electrons. The van der Waals surface area contributed by atoms with E-state index in [0.29, 0.717) is 36.8 Å². The van der Waals surface area contributed by atoms with Gasteiger partial charge in [0.2, 0.25) is 0 Å². The van der Waals surface area contributed by atoms with E-state index in [9.17, 15) is 9.59 Å². The number of fused-ring (bicyclic) bond motifs is 1. The highest BCUT2D eigenvalue weighted by Crippen LogP contribution is 2.30. The van der Waals surface area contributed by atoms with Crippen molar-refractivity contribution < 1.29 is 28.5 Å². The van der Waals surface area contributed by atoms with Crippen LogP contribution in [0, 0.1) is 0 Å². The molecular weight excluding hydrogens is 576 g/mol. The number of aromatic nitrogens is 3. The maximum Gasteiger partial charge on any atom is 0.416 e. The van der Waals surface area contributed by atoms with Crippen molar-refractivity contribution >= 4 is 29.5 Å². The van der Waals surface area contributed by atoms with Crippen LogP contribution in [0.3, 0.4) is 0 Å². The number of piperidine rings is 1. The van der Waals surface area contributed by atoms with Gasteiger partial charge < -0.3 is 29.2 Å². The molecule has 1 N–H and O–H groups in total. The largest absolute Gasteiger partial charge is 0.444 e. The number of nitrogens with one attached hydrogen (secondary N) is 1. The molecule has 0 bridgehead atoms. The van der Waals surface area contributed by atoms with Gasteiger partial charge in [0, 0.05) is 31.8 Å². The lowest BCUT2D eigenvalue weighted by molar-refractivity contribution is -0.0929. The second kappa shape index (κ2) is 14.0. The Labute approximate surface area is 266 Å². The van der Waals surface area contributed by atoms with E-state index in [1.807, 2.05) is 71.9 Å². The average Bonchev–Trinajstić information content (AvgIpc) is 3.38. The van der Waals surface area contributed by atoms with Gasteiger partial charge in [-0.1, -0.05) is 44.2 Å². The second-order valence-electron chi connectivity index (χ2n) is 13.6. The average molecular weight is 625 g/mol. The van der Waals surface area contributed by atoms with Gasteiger partial charge in [0.15, 0.2) is 5.65 Å². The van der Waals surface area contributed by atoms with Crippen LogP contribution in [-0.4, -0.2) is 82.0 Å². The van der Waals surface area contributed by atoms with Crippen LogP contribution in [-0.2, 0) is 25.5 Å². The maximum absolute atomic E-state index is 13.8. The van der Waals surface area contributed by atoms with Crippen LogP contribution in [0.5, 0.6) is 0 Å². The lowest BCUT2D eigenvalue weighted by atomic mass is 10.0. The lowest BCUT2D eigenvalue weighted by Crippen LogP contribution is -2.54. The van der Waals surface area contributed by atoms with E-state index in [4.69, 9.17) is 23.9 Å². The summed E-state index contributed by atoms with van der Waals surface area (Å²) in [6, 6.07) is 11.2. The first-order chi connectivity index (χ1) is 21.1. The summed E-state index contributed by atoms with van der Waals surface area (Å²) in [5.41, 5.74) is 1.12. The van der Waals surface area contributed by atoms with Gasteiger partial charge in [0.25, 0.3) is 0 Å². The van der Waals surface area contributed by atoms with Gasteiger partial charge in [0.1, 0.15) is 29.6 Å². The Kier molecular flexibility index (Phi) is 10.6. The smallest absolute Gasteiger partial charge is 0.416 e. The molecule has 12 nitrogen and oxygen atoms in total. The van der Waals surface area contributed by atoms with Crippen LogP contribution in [0.4, 0.5) is 21.2 Å². The summed E-state index contributed by atoms with van der Waals surface area (Å²) in [4.78, 5) is 35.0. The first-order valence-corrected chi connectivity index (χ1v) is 15.4. The Balaban J connectivity index is 1.77. The number of ether oxygens (including phenoxy) is 4. The number of likely N-dealkylation sites (tertiary alicyclic amines) is 1. The Morgan fingerprint density at radius 2 is 1.76 bits per heavy atom. The highest BCUT2D eigenvalue weighted by molar-refractivity contribution is 5.88. The van der Waals surface area contributed by atoms with Gasteiger partial charge in [-0.2, -0.15) is 9.61 Å². The summed E-state index contributed by atoms with van der Waals surface area (Å²) < 4.78 is 24.5. The van der Waals surface area contributed by atoms with E-state index in [1.165, 1.54) is 0 Å². The number of nitrogens with zero attached hydrogens (tertiary/aromatic N) is 5. The van der Waals surface area contributed by atoms with Gasteiger partial charge in [-0.25, -0.2) is 14.6 Å². The van der Waals surface area contributed by atoms with Crippen LogP contribution in [0.1, 0.15) is 78.9 Å². The van der Waals surface area contributed by atoms with Crippen molar-refractivity contribution in [3.63, 3.8) is 0 Å². The van der Waals surface area contributed by atoms with E-state index in [1.54, 1.807) is 33.7 Å². The number of hydrogen-bond donors (Lipinski definition) is 1. The van der Waals surface area contributed by atoms with Crippen LogP contribution in [0.15, 0.2) is 42.6 Å². The van der Waals surface area contributed by atoms with Crippen LogP contribution >= 0.6 is 0 Å². The van der Waals surface area contributed by atoms with Gasteiger partial charge in [-0.3, -0.25) is 4.90 Å². The molecule has 12 heteroatoms. The number of carbonyl (C=O) groups excluding carboxylic acids is 2. The third-order valence-corrected chi connectivity index (χ3v) is 7.11. The number of carbonyl (C=O) groups is 2. The minimum absolute atomic E-state index is 0.108. The topological polar surface area (TPSA) is 120 Å². The highest BCUT2D eigenvalue weighted by Gasteiger charge is 2.35. The maximum atomic E-state index is 13.8. The Bertz CT molecular complexity index is 1450. The predicted octanol–water partition coefficient (Wildman–Crippen LogP) is 6.20. The van der Waals surface area contributed by atoms with Crippen LogP contribution in [0.2, 0.25) is 0 Å². The molecule has 0 saturated carbocycles. The highest BCUT2D eigenvalue weighted by atomic mass is 16.7. The number of benzene rings is 1. The zero-order valence-electron chi connectivity index (χ0n) is 28.0. The number of hydrogen-bond acceptors (Lipinski definition) is 9. The summed E-state index contributed by atoms with van der Waals surface area (Å²) in [7, 11) is 1.57. The molecule has 0 spiro atoms. The Morgan fingerprint density at radius 1 is 1.07 bits per heavy atom. The van der Waals surface area contributed by atoms with E-state index in [2.05, 4.69) is 24.3 Å². The fourth-order valence-corrected chi connectivity index (χ4v) is 5.07. The molecule has 2 atom stereocenters. The third-order valence-electron chi connectivity index (χ3n) is 7.11. The molecular formula is C33H48N6O6. The SMILES string of the molecule is COCO[C@@H]1CCN(C(=O)OC(C)(C)C)C[C@H]1Nc1cc(N(Cc2ccccc2)C(=O)OC(C)(C)C)n2ncc(C(C)C)c2n1. The first kappa shape index (κ1) is 34.0. The van der Waals surface area contributed by atoms with E-state index in [0.717, 1.165) is 11.1 Å². The van der Waals surface area contributed by atoms with E-state index < -0.39 is 17.3 Å². The molecule has 4 rings (SSSR count). The standard InChI is InChI=1S/C33H48N6O6/c1-22(2)24-18-34-39-28(38(31(41)45-33(6,7)8)19-23-13-11-10-12-14-23)17-27(36-29(24)39)35-25-20-37(30(40)44-32(3,4)5)16-15-26(25)43-21-42-9/h10-14,17-18,22,25-26H,15-16,19-21H2,1-9H3,(H,35,36)/t25-,26-/m1/s1. The molecule has 0 radical (unpaired) electrons. The number of anilines is 2. The summed E-state index contributed by atoms with van der Waals surface area (Å²) in [5.74, 6) is 1.11. The van der Waals surface area contributed by atoms with Gasteiger partial charge in [-0.05, 0) is 59.4 Å². The molecule has 1 saturated heterocycles. The van der Waals surface area contributed by atoms with Crippen molar-refractivity contribution in [2.24, 2.45) is 0 Å². The predicted molar refractivity (Wildman–Crippen MR) is 173 cm³/mol. The summed E-state index contributed by atoms with van der Waals surface area (Å²) >= 11 is 0. The number of amides is 2. The molecule has 1 aliphatic heterocycles.